The molecule has 26 heavy (non-hydrogen) atoms. The van der Waals surface area contributed by atoms with Crippen LogP contribution in [0.1, 0.15) is 21.9 Å². The summed E-state index contributed by atoms with van der Waals surface area (Å²) in [5.74, 6) is -0.920. The van der Waals surface area contributed by atoms with Crippen LogP contribution in [0.25, 0.3) is 11.3 Å². The maximum Gasteiger partial charge on any atom is 0.377 e. The van der Waals surface area contributed by atoms with Crippen molar-refractivity contribution < 1.29 is 32.8 Å². The van der Waals surface area contributed by atoms with E-state index in [0.29, 0.717) is 16.8 Å². The first-order valence-electron chi connectivity index (χ1n) is 7.14. The number of aliphatic hydroxyl groups excluding tert-OH is 1. The van der Waals surface area contributed by atoms with Crippen LogP contribution in [0, 0.1) is 5.82 Å². The van der Waals surface area contributed by atoms with E-state index in [1.54, 1.807) is 0 Å². The fourth-order valence-corrected chi connectivity index (χ4v) is 2.12. The standard InChI is InChI=1S/C16H13FN2O6.Li/c1-22-16(21)12-6-14(18-24-12)23-8-11-13(7-20)25-19-15(11)9-2-4-10(17)5-3-9;/h2-6,20H,7-8H2,1H3;. The Bertz CT molecular complexity index is 877. The van der Waals surface area contributed by atoms with E-state index < -0.39 is 5.97 Å². The minimum absolute atomic E-state index is 0. The van der Waals surface area contributed by atoms with Crippen LogP contribution in [0.4, 0.5) is 4.39 Å². The summed E-state index contributed by atoms with van der Waals surface area (Å²) in [6, 6.07) is 6.91. The molecule has 8 nitrogen and oxygen atoms in total. The molecular formula is C16H13FLiN2O6. The second-order valence-corrected chi connectivity index (χ2v) is 4.91. The number of methoxy groups -OCH3 is 1. The summed E-state index contributed by atoms with van der Waals surface area (Å²) in [6.07, 6.45) is 0. The molecule has 0 unspecified atom stereocenters. The maximum absolute atomic E-state index is 13.1. The van der Waals surface area contributed by atoms with Gasteiger partial charge in [0.1, 0.15) is 24.7 Å². The topological polar surface area (TPSA) is 108 Å². The van der Waals surface area contributed by atoms with Gasteiger partial charge in [0.05, 0.1) is 18.7 Å². The van der Waals surface area contributed by atoms with E-state index >= 15 is 0 Å². The van der Waals surface area contributed by atoms with E-state index in [4.69, 9.17) is 13.8 Å². The van der Waals surface area contributed by atoms with E-state index in [0.717, 1.165) is 0 Å². The van der Waals surface area contributed by atoms with Crippen molar-refractivity contribution in [2.45, 2.75) is 13.2 Å². The summed E-state index contributed by atoms with van der Waals surface area (Å²) in [7, 11) is 1.21. The van der Waals surface area contributed by atoms with Crippen molar-refractivity contribution in [1.82, 2.24) is 10.3 Å². The molecule has 131 valence electrons. The first-order valence-corrected chi connectivity index (χ1v) is 7.14. The first kappa shape index (κ1) is 19.7. The number of aliphatic hydroxyl groups is 1. The van der Waals surface area contributed by atoms with E-state index in [-0.39, 0.29) is 55.3 Å². The van der Waals surface area contributed by atoms with Crippen LogP contribution in [0.5, 0.6) is 5.88 Å². The predicted molar refractivity (Wildman–Crippen MR) is 85.7 cm³/mol. The molecule has 0 bridgehead atoms. The summed E-state index contributed by atoms with van der Waals surface area (Å²) < 4.78 is 32.9. The third kappa shape index (κ3) is 4.14. The molecule has 0 spiro atoms. The molecule has 10 heteroatoms. The second kappa shape index (κ2) is 8.67. The molecule has 0 atom stereocenters. The van der Waals surface area contributed by atoms with E-state index in [2.05, 4.69) is 15.1 Å². The Labute approximate surface area is 159 Å². The van der Waals surface area contributed by atoms with Crippen molar-refractivity contribution in [2.75, 3.05) is 7.11 Å². The molecule has 0 aliphatic carbocycles. The van der Waals surface area contributed by atoms with Gasteiger partial charge in [-0.1, -0.05) is 5.16 Å². The zero-order valence-electron chi connectivity index (χ0n) is 14.1. The average molecular weight is 355 g/mol. The number of hydrogen-bond donors (Lipinski definition) is 1. The van der Waals surface area contributed by atoms with Crippen molar-refractivity contribution in [1.29, 1.82) is 0 Å². The van der Waals surface area contributed by atoms with Crippen LogP contribution in [-0.4, -0.2) is 47.4 Å². The van der Waals surface area contributed by atoms with Gasteiger partial charge in [-0.25, -0.2) is 9.18 Å². The molecule has 1 N–H and O–H groups in total. The molecule has 2 aromatic heterocycles. The van der Waals surface area contributed by atoms with Gasteiger partial charge in [0.15, 0.2) is 5.76 Å². The van der Waals surface area contributed by atoms with Crippen LogP contribution < -0.4 is 4.74 Å². The molecule has 0 aliphatic heterocycles. The van der Waals surface area contributed by atoms with Crippen molar-refractivity contribution in [2.24, 2.45) is 0 Å². The quantitative estimate of drug-likeness (QED) is 0.528. The fourth-order valence-electron chi connectivity index (χ4n) is 2.12. The summed E-state index contributed by atoms with van der Waals surface area (Å²) in [5.41, 5.74) is 1.47. The number of carbonyl (C=O) groups is 1. The van der Waals surface area contributed by atoms with Crippen molar-refractivity contribution >= 4 is 24.8 Å². The minimum Gasteiger partial charge on any atom is -0.470 e. The molecule has 0 aliphatic rings. The molecule has 3 rings (SSSR count). The number of nitrogens with zero attached hydrogens (tertiary/aromatic N) is 2. The number of ether oxygens (including phenoxy) is 2. The number of aromatic nitrogens is 2. The molecule has 0 amide bonds. The number of halogens is 1. The van der Waals surface area contributed by atoms with Crippen LogP contribution in [-0.2, 0) is 18.0 Å². The molecule has 3 aromatic rings. The third-order valence-electron chi connectivity index (χ3n) is 3.37. The Morgan fingerprint density at radius 2 is 1.96 bits per heavy atom. The van der Waals surface area contributed by atoms with Gasteiger partial charge < -0.3 is 23.6 Å². The number of benzene rings is 1. The smallest absolute Gasteiger partial charge is 0.377 e. The van der Waals surface area contributed by atoms with Crippen LogP contribution in [0.2, 0.25) is 0 Å². The van der Waals surface area contributed by atoms with Gasteiger partial charge >= 0.3 is 5.97 Å². The van der Waals surface area contributed by atoms with Crippen LogP contribution in [0.15, 0.2) is 39.4 Å². The normalized spacial score (nSPS) is 10.3. The zero-order valence-corrected chi connectivity index (χ0v) is 14.1. The van der Waals surface area contributed by atoms with Crippen molar-refractivity contribution in [3.63, 3.8) is 0 Å². The molecular weight excluding hydrogens is 342 g/mol. The fraction of sp³-hybridized carbons (Fsp3) is 0.188. The Hall–Kier alpha value is -2.60. The number of esters is 1. The number of hydrogen-bond acceptors (Lipinski definition) is 8. The van der Waals surface area contributed by atoms with E-state index in [9.17, 15) is 14.3 Å². The van der Waals surface area contributed by atoms with Crippen LogP contribution in [0.3, 0.4) is 0 Å². The Morgan fingerprint density at radius 3 is 2.62 bits per heavy atom. The molecule has 1 aromatic carbocycles. The largest absolute Gasteiger partial charge is 0.470 e. The molecule has 2 heterocycles. The summed E-state index contributed by atoms with van der Waals surface area (Å²) in [5, 5.41) is 16.9. The summed E-state index contributed by atoms with van der Waals surface area (Å²) >= 11 is 0. The third-order valence-corrected chi connectivity index (χ3v) is 3.37. The number of carbonyl (C=O) groups excluding carboxylic acids is 1. The zero-order chi connectivity index (χ0) is 17.8. The Balaban J connectivity index is 0.00000243. The van der Waals surface area contributed by atoms with Gasteiger partial charge in [-0.15, -0.1) is 0 Å². The summed E-state index contributed by atoms with van der Waals surface area (Å²) in [6.45, 7) is -0.446. The number of rotatable bonds is 6. The first-order chi connectivity index (χ1) is 12.1. The van der Waals surface area contributed by atoms with Gasteiger partial charge in [0.2, 0.25) is 5.76 Å². The van der Waals surface area contributed by atoms with Crippen LogP contribution >= 0.6 is 0 Å². The second-order valence-electron chi connectivity index (χ2n) is 4.91. The summed E-state index contributed by atoms with van der Waals surface area (Å²) in [4.78, 5) is 11.3. The van der Waals surface area contributed by atoms with Gasteiger partial charge in [-0.2, -0.15) is 0 Å². The Kier molecular flexibility index (Phi) is 6.57. The monoisotopic (exact) mass is 355 g/mol. The molecule has 1 radical (unpaired) electrons. The predicted octanol–water partition coefficient (Wildman–Crippen LogP) is 1.95. The van der Waals surface area contributed by atoms with Crippen molar-refractivity contribution in [3.8, 4) is 17.1 Å². The van der Waals surface area contributed by atoms with Gasteiger partial charge in [-0.05, 0) is 29.4 Å². The van der Waals surface area contributed by atoms with E-state index in [1.807, 2.05) is 0 Å². The molecule has 0 saturated heterocycles. The minimum atomic E-state index is -0.685. The van der Waals surface area contributed by atoms with Crippen molar-refractivity contribution in [3.05, 3.63) is 53.2 Å². The molecule has 0 saturated carbocycles. The molecule has 0 fully saturated rings. The van der Waals surface area contributed by atoms with Gasteiger partial charge in [-0.3, -0.25) is 0 Å². The maximum atomic E-state index is 13.1. The SMILES string of the molecule is COC(=O)c1cc(OCc2c(-c3ccc(F)cc3)noc2CO)no1.[Li]. The van der Waals surface area contributed by atoms with Gasteiger partial charge in [0, 0.05) is 24.4 Å². The van der Waals surface area contributed by atoms with E-state index in [1.165, 1.54) is 37.4 Å². The average Bonchev–Trinajstić information content (AvgIpc) is 3.26. The van der Waals surface area contributed by atoms with Gasteiger partial charge in [0.25, 0.3) is 5.88 Å². The Morgan fingerprint density at radius 1 is 1.23 bits per heavy atom.